The van der Waals surface area contributed by atoms with Gasteiger partial charge in [0, 0.05) is 0 Å². The first-order valence-corrected chi connectivity index (χ1v) is 5.13. The molecular weight excluding hydrogens is 154 g/mol. The molecule has 1 fully saturated rings. The monoisotopic (exact) mass is 173 g/mol. The van der Waals surface area contributed by atoms with Crippen LogP contribution in [-0.4, -0.2) is 16.2 Å². The largest absolute Gasteiger partial charge is 0.411 e. The third-order valence-corrected chi connectivity index (χ3v) is 3.67. The van der Waals surface area contributed by atoms with Crippen LogP contribution in [0.1, 0.15) is 39.5 Å². The fourth-order valence-electron chi connectivity index (χ4n) is 1.55. The van der Waals surface area contributed by atoms with E-state index in [1.165, 1.54) is 12.8 Å². The quantitative estimate of drug-likeness (QED) is 0.464. The van der Waals surface area contributed by atoms with Gasteiger partial charge < -0.3 is 10.2 Å². The van der Waals surface area contributed by atoms with Crippen LogP contribution in [0.2, 0.25) is 0 Å². The summed E-state index contributed by atoms with van der Waals surface area (Å²) in [5.74, 6) is 0. The minimum absolute atomic E-state index is 0.262. The second-order valence-corrected chi connectivity index (χ2v) is 4.84. The van der Waals surface area contributed by atoms with Gasteiger partial charge in [0.2, 0.25) is 0 Å². The Bertz CT molecular complexity index is 137. The highest BCUT2D eigenvalue weighted by molar-refractivity contribution is 5.98. The van der Waals surface area contributed by atoms with Crippen LogP contribution in [0.15, 0.2) is 0 Å². The van der Waals surface area contributed by atoms with Crippen molar-refractivity contribution in [3.05, 3.63) is 0 Å². The molecule has 2 N–H and O–H groups in total. The van der Waals surface area contributed by atoms with Gasteiger partial charge in [-0.05, 0) is 31.1 Å². The molecule has 0 heterocycles. The lowest BCUT2D eigenvalue weighted by Crippen LogP contribution is -2.46. The van der Waals surface area contributed by atoms with E-state index in [1.807, 2.05) is 0 Å². The summed E-state index contributed by atoms with van der Waals surface area (Å²) in [5, 5.41) is 0. The Kier molecular flexibility index (Phi) is 2.42. The van der Waals surface area contributed by atoms with Crippen molar-refractivity contribution in [2.45, 2.75) is 45.3 Å². The topological polar surface area (TPSA) is 35.2 Å². The summed E-state index contributed by atoms with van der Waals surface area (Å²) in [4.78, 5) is 0. The van der Waals surface area contributed by atoms with Gasteiger partial charge >= 0.3 is 0 Å². The lowest BCUT2D eigenvalue weighted by molar-refractivity contribution is 0.00867. The molecule has 0 aromatic heterocycles. The molecule has 1 aliphatic carbocycles. The van der Waals surface area contributed by atoms with Crippen molar-refractivity contribution < 1.29 is 4.43 Å². The molecule has 0 aromatic rings. The highest BCUT2D eigenvalue weighted by atomic mass is 28.2. The molecule has 0 spiro atoms. The maximum Gasteiger partial charge on any atom is 0.148 e. The first-order chi connectivity index (χ1) is 4.97. The SMILES string of the molecule is CC1(C)CCC(N)(O[SiH3])CC1. The molecule has 0 radical (unpaired) electrons. The second-order valence-electron chi connectivity index (χ2n) is 4.43. The van der Waals surface area contributed by atoms with Crippen LogP contribution < -0.4 is 5.73 Å². The standard InChI is InChI=1S/C8H19NOSi/c1-7(2)3-5-8(9,10-11)6-4-7/h3-6,9H2,1-2,11H3. The average molecular weight is 173 g/mol. The van der Waals surface area contributed by atoms with Crippen LogP contribution in [0, 0.1) is 5.41 Å². The molecule has 3 heteroatoms. The molecule has 11 heavy (non-hydrogen) atoms. The van der Waals surface area contributed by atoms with Gasteiger partial charge in [-0.15, -0.1) is 0 Å². The zero-order valence-electron chi connectivity index (χ0n) is 7.81. The van der Waals surface area contributed by atoms with Gasteiger partial charge in [-0.1, -0.05) is 13.8 Å². The van der Waals surface area contributed by atoms with Gasteiger partial charge in [-0.2, -0.15) is 0 Å². The van der Waals surface area contributed by atoms with E-state index in [0.717, 1.165) is 23.3 Å². The van der Waals surface area contributed by atoms with E-state index >= 15 is 0 Å². The van der Waals surface area contributed by atoms with Gasteiger partial charge in [0.25, 0.3) is 0 Å². The minimum atomic E-state index is -0.262. The zero-order valence-corrected chi connectivity index (χ0v) is 9.81. The molecule has 2 nitrogen and oxygen atoms in total. The third-order valence-electron chi connectivity index (χ3n) is 2.86. The van der Waals surface area contributed by atoms with Gasteiger partial charge in [0.1, 0.15) is 16.2 Å². The Labute approximate surface area is 72.0 Å². The molecule has 0 saturated heterocycles. The Morgan fingerprint density at radius 3 is 2.00 bits per heavy atom. The Hall–Kier alpha value is 0.137. The van der Waals surface area contributed by atoms with Crippen molar-refractivity contribution in [2.24, 2.45) is 11.1 Å². The van der Waals surface area contributed by atoms with Crippen molar-refractivity contribution in [2.75, 3.05) is 0 Å². The summed E-state index contributed by atoms with van der Waals surface area (Å²) in [6.45, 7) is 4.61. The molecule has 1 rings (SSSR count). The summed E-state index contributed by atoms with van der Waals surface area (Å²) in [7, 11) is 0.764. The van der Waals surface area contributed by atoms with Crippen molar-refractivity contribution in [3.63, 3.8) is 0 Å². The second kappa shape index (κ2) is 2.88. The fraction of sp³-hybridized carbons (Fsp3) is 1.00. The Morgan fingerprint density at radius 2 is 1.64 bits per heavy atom. The highest BCUT2D eigenvalue weighted by Crippen LogP contribution is 2.38. The van der Waals surface area contributed by atoms with Crippen molar-refractivity contribution in [1.29, 1.82) is 0 Å². The Balaban J connectivity index is 2.48. The van der Waals surface area contributed by atoms with Crippen molar-refractivity contribution in [3.8, 4) is 0 Å². The van der Waals surface area contributed by atoms with Gasteiger partial charge in [-0.25, -0.2) is 0 Å². The van der Waals surface area contributed by atoms with E-state index in [9.17, 15) is 0 Å². The van der Waals surface area contributed by atoms with E-state index in [1.54, 1.807) is 0 Å². The Morgan fingerprint density at radius 1 is 1.18 bits per heavy atom. The number of hydrogen-bond donors (Lipinski definition) is 1. The summed E-state index contributed by atoms with van der Waals surface area (Å²) < 4.78 is 5.39. The van der Waals surface area contributed by atoms with Gasteiger partial charge in [0.05, 0.1) is 0 Å². The van der Waals surface area contributed by atoms with E-state index in [2.05, 4.69) is 13.8 Å². The summed E-state index contributed by atoms with van der Waals surface area (Å²) in [5.41, 5.74) is 6.22. The third kappa shape index (κ3) is 2.29. The number of nitrogens with two attached hydrogens (primary N) is 1. The van der Waals surface area contributed by atoms with E-state index in [4.69, 9.17) is 10.2 Å². The summed E-state index contributed by atoms with van der Waals surface area (Å²) in [6.07, 6.45) is 4.46. The predicted molar refractivity (Wildman–Crippen MR) is 50.2 cm³/mol. The van der Waals surface area contributed by atoms with Crippen molar-refractivity contribution in [1.82, 2.24) is 0 Å². The molecule has 1 aliphatic rings. The summed E-state index contributed by atoms with van der Waals surface area (Å²) in [6, 6.07) is 0. The zero-order chi connectivity index (χ0) is 8.54. The van der Waals surface area contributed by atoms with Crippen LogP contribution in [0.25, 0.3) is 0 Å². The maximum absolute atomic E-state index is 5.99. The highest BCUT2D eigenvalue weighted by Gasteiger charge is 2.34. The first-order valence-electron chi connectivity index (χ1n) is 4.32. The van der Waals surface area contributed by atoms with Crippen LogP contribution in [0.5, 0.6) is 0 Å². The maximum atomic E-state index is 5.99. The number of hydrogen-bond acceptors (Lipinski definition) is 2. The molecule has 0 bridgehead atoms. The van der Waals surface area contributed by atoms with Gasteiger partial charge in [-0.3, -0.25) is 0 Å². The normalized spacial score (nSPS) is 28.6. The lowest BCUT2D eigenvalue weighted by atomic mass is 9.74. The van der Waals surface area contributed by atoms with Crippen LogP contribution >= 0.6 is 0 Å². The van der Waals surface area contributed by atoms with Gasteiger partial charge in [0.15, 0.2) is 0 Å². The number of rotatable bonds is 1. The van der Waals surface area contributed by atoms with Crippen LogP contribution in [0.4, 0.5) is 0 Å². The molecule has 0 atom stereocenters. The lowest BCUT2D eigenvalue weighted by Gasteiger charge is -2.40. The van der Waals surface area contributed by atoms with E-state index in [0.29, 0.717) is 5.41 Å². The minimum Gasteiger partial charge on any atom is -0.411 e. The molecule has 0 amide bonds. The first kappa shape index (κ1) is 9.23. The molecule has 0 aromatic carbocycles. The summed E-state index contributed by atoms with van der Waals surface area (Å²) >= 11 is 0. The average Bonchev–Trinajstić information content (AvgIpc) is 1.97. The van der Waals surface area contributed by atoms with Crippen molar-refractivity contribution >= 4 is 10.5 Å². The molecule has 0 unspecified atom stereocenters. The molecular formula is C8H19NOSi. The fourth-order valence-corrected chi connectivity index (χ4v) is 1.96. The smallest absolute Gasteiger partial charge is 0.148 e. The van der Waals surface area contributed by atoms with Crippen LogP contribution in [-0.2, 0) is 4.43 Å². The predicted octanol–water partition coefficient (Wildman–Crippen LogP) is 0.539. The molecule has 1 saturated carbocycles. The molecule has 66 valence electrons. The van der Waals surface area contributed by atoms with E-state index < -0.39 is 0 Å². The molecule has 0 aliphatic heterocycles. The van der Waals surface area contributed by atoms with Crippen LogP contribution in [0.3, 0.4) is 0 Å². The van der Waals surface area contributed by atoms with E-state index in [-0.39, 0.29) is 5.72 Å².